The zero-order valence-electron chi connectivity index (χ0n) is 9.47. The van der Waals surface area contributed by atoms with E-state index in [0.29, 0.717) is 18.7 Å². The van der Waals surface area contributed by atoms with Crippen LogP contribution in [0.1, 0.15) is 15.4 Å². The molecule has 2 aromatic rings. The van der Waals surface area contributed by atoms with Gasteiger partial charge < -0.3 is 15.5 Å². The van der Waals surface area contributed by atoms with Crippen molar-refractivity contribution in [3.63, 3.8) is 0 Å². The van der Waals surface area contributed by atoms with Crippen LogP contribution in [0.2, 0.25) is 0 Å². The number of phenols is 2. The highest BCUT2D eigenvalue weighted by atomic mass is 32.1. The van der Waals surface area contributed by atoms with Crippen LogP contribution in [0.25, 0.3) is 0 Å². The Morgan fingerprint density at radius 1 is 1.29 bits per heavy atom. The molecule has 1 aromatic carbocycles. The predicted molar refractivity (Wildman–Crippen MR) is 67.2 cm³/mol. The Bertz CT molecular complexity index is 511. The van der Waals surface area contributed by atoms with Crippen molar-refractivity contribution < 1.29 is 10.2 Å². The van der Waals surface area contributed by atoms with Crippen LogP contribution in [0.4, 0.5) is 0 Å². The van der Waals surface area contributed by atoms with Gasteiger partial charge in [0.15, 0.2) is 11.5 Å². The lowest BCUT2D eigenvalue weighted by atomic mass is 10.2. The molecule has 0 aliphatic heterocycles. The molecule has 17 heavy (non-hydrogen) atoms. The monoisotopic (exact) mass is 250 g/mol. The molecule has 0 aliphatic rings. The molecule has 4 nitrogen and oxygen atoms in total. The molecule has 2 rings (SSSR count). The van der Waals surface area contributed by atoms with E-state index >= 15 is 0 Å². The number of nitrogens with one attached hydrogen (secondary N) is 1. The van der Waals surface area contributed by atoms with Gasteiger partial charge in [-0.1, -0.05) is 12.1 Å². The van der Waals surface area contributed by atoms with Crippen LogP contribution < -0.4 is 5.32 Å². The Kier molecular flexibility index (Phi) is 3.61. The van der Waals surface area contributed by atoms with Gasteiger partial charge in [0.05, 0.1) is 0 Å². The van der Waals surface area contributed by atoms with Crippen LogP contribution in [-0.2, 0) is 13.1 Å². The third-order valence-corrected chi connectivity index (χ3v) is 3.27. The molecule has 0 saturated heterocycles. The van der Waals surface area contributed by atoms with Crippen molar-refractivity contribution >= 4 is 11.3 Å². The number of hydrogen-bond acceptors (Lipinski definition) is 5. The fourth-order valence-corrected chi connectivity index (χ4v) is 2.26. The van der Waals surface area contributed by atoms with Gasteiger partial charge in [-0.15, -0.1) is 11.3 Å². The fourth-order valence-electron chi connectivity index (χ4n) is 1.51. The third kappa shape index (κ3) is 2.95. The van der Waals surface area contributed by atoms with Crippen molar-refractivity contribution in [3.8, 4) is 11.5 Å². The minimum atomic E-state index is -0.0885. The second-order valence-corrected chi connectivity index (χ2v) is 5.07. The van der Waals surface area contributed by atoms with Crippen LogP contribution in [0.15, 0.2) is 24.4 Å². The first-order valence-corrected chi connectivity index (χ1v) is 6.10. The molecular weight excluding hydrogens is 236 g/mol. The number of thiazole rings is 1. The van der Waals surface area contributed by atoms with Gasteiger partial charge in [0.2, 0.25) is 0 Å². The molecule has 0 fully saturated rings. The minimum Gasteiger partial charge on any atom is -0.504 e. The average molecular weight is 250 g/mol. The van der Waals surface area contributed by atoms with E-state index in [1.807, 2.05) is 13.1 Å². The van der Waals surface area contributed by atoms with E-state index in [1.165, 1.54) is 10.9 Å². The average Bonchev–Trinajstić information content (AvgIpc) is 2.70. The molecule has 90 valence electrons. The molecule has 0 bridgehead atoms. The van der Waals surface area contributed by atoms with Gasteiger partial charge in [0, 0.05) is 29.7 Å². The molecule has 0 aliphatic carbocycles. The summed E-state index contributed by atoms with van der Waals surface area (Å²) < 4.78 is 0. The number of hydrogen-bond donors (Lipinski definition) is 3. The predicted octanol–water partition coefficient (Wildman–Crippen LogP) is 2.15. The van der Waals surface area contributed by atoms with Crippen LogP contribution >= 0.6 is 11.3 Å². The first kappa shape index (κ1) is 11.9. The number of aryl methyl sites for hydroxylation is 1. The summed E-state index contributed by atoms with van der Waals surface area (Å²) in [6.07, 6.45) is 1.84. The van der Waals surface area contributed by atoms with Gasteiger partial charge in [-0.3, -0.25) is 0 Å². The summed E-state index contributed by atoms with van der Waals surface area (Å²) in [5.41, 5.74) is 0.679. The SMILES string of the molecule is Cc1cnc(CNCc2cccc(O)c2O)s1. The maximum atomic E-state index is 9.60. The lowest BCUT2D eigenvalue weighted by Gasteiger charge is -2.06. The van der Waals surface area contributed by atoms with Crippen molar-refractivity contribution in [2.24, 2.45) is 0 Å². The highest BCUT2D eigenvalue weighted by Gasteiger charge is 2.05. The maximum Gasteiger partial charge on any atom is 0.161 e. The zero-order chi connectivity index (χ0) is 12.3. The smallest absolute Gasteiger partial charge is 0.161 e. The summed E-state index contributed by atoms with van der Waals surface area (Å²) in [5.74, 6) is -0.148. The molecule has 0 atom stereocenters. The highest BCUT2D eigenvalue weighted by Crippen LogP contribution is 2.27. The Balaban J connectivity index is 1.92. The summed E-state index contributed by atoms with van der Waals surface area (Å²) in [6, 6.07) is 4.94. The molecule has 0 unspecified atom stereocenters. The second-order valence-electron chi connectivity index (χ2n) is 3.75. The van der Waals surface area contributed by atoms with Gasteiger partial charge in [-0.25, -0.2) is 4.98 Å². The number of aromatic nitrogens is 1. The van der Waals surface area contributed by atoms with Gasteiger partial charge in [-0.2, -0.15) is 0 Å². The van der Waals surface area contributed by atoms with Gasteiger partial charge >= 0.3 is 0 Å². The summed E-state index contributed by atoms with van der Waals surface area (Å²) >= 11 is 1.64. The van der Waals surface area contributed by atoms with Crippen LogP contribution in [0.5, 0.6) is 11.5 Å². The van der Waals surface area contributed by atoms with Crippen LogP contribution in [-0.4, -0.2) is 15.2 Å². The van der Waals surface area contributed by atoms with E-state index in [2.05, 4.69) is 10.3 Å². The topological polar surface area (TPSA) is 65.4 Å². The molecular formula is C12H14N2O2S. The van der Waals surface area contributed by atoms with E-state index in [9.17, 15) is 10.2 Å². The van der Waals surface area contributed by atoms with Crippen molar-refractivity contribution in [1.82, 2.24) is 10.3 Å². The molecule has 0 spiro atoms. The molecule has 0 saturated carbocycles. The Hall–Kier alpha value is -1.59. The summed E-state index contributed by atoms with van der Waals surface area (Å²) in [5, 5.41) is 23.1. The quantitative estimate of drug-likeness (QED) is 0.727. The molecule has 1 aromatic heterocycles. The van der Waals surface area contributed by atoms with E-state index in [0.717, 1.165) is 5.01 Å². The number of aromatic hydroxyl groups is 2. The van der Waals surface area contributed by atoms with Crippen molar-refractivity contribution in [1.29, 1.82) is 0 Å². The Morgan fingerprint density at radius 2 is 2.12 bits per heavy atom. The number of para-hydroxylation sites is 1. The maximum absolute atomic E-state index is 9.60. The first-order chi connectivity index (χ1) is 8.16. The molecule has 5 heteroatoms. The second kappa shape index (κ2) is 5.16. The summed E-state index contributed by atoms with van der Waals surface area (Å²) in [6.45, 7) is 3.18. The number of benzene rings is 1. The van der Waals surface area contributed by atoms with E-state index in [1.54, 1.807) is 23.5 Å². The van der Waals surface area contributed by atoms with E-state index < -0.39 is 0 Å². The summed E-state index contributed by atoms with van der Waals surface area (Å²) in [4.78, 5) is 5.41. The first-order valence-electron chi connectivity index (χ1n) is 5.28. The molecule has 3 N–H and O–H groups in total. The van der Waals surface area contributed by atoms with E-state index in [4.69, 9.17) is 0 Å². The lowest BCUT2D eigenvalue weighted by molar-refractivity contribution is 0.397. The Labute approximate surface area is 104 Å². The number of nitrogens with zero attached hydrogens (tertiary/aromatic N) is 1. The van der Waals surface area contributed by atoms with E-state index in [-0.39, 0.29) is 11.5 Å². The fraction of sp³-hybridized carbons (Fsp3) is 0.250. The van der Waals surface area contributed by atoms with Gasteiger partial charge in [0.25, 0.3) is 0 Å². The lowest BCUT2D eigenvalue weighted by Crippen LogP contribution is -2.12. The number of rotatable bonds is 4. The van der Waals surface area contributed by atoms with Gasteiger partial charge in [0.1, 0.15) is 5.01 Å². The van der Waals surface area contributed by atoms with Crippen molar-refractivity contribution in [3.05, 3.63) is 39.8 Å². The van der Waals surface area contributed by atoms with Crippen LogP contribution in [0.3, 0.4) is 0 Å². The van der Waals surface area contributed by atoms with Crippen molar-refractivity contribution in [2.45, 2.75) is 20.0 Å². The largest absolute Gasteiger partial charge is 0.504 e. The third-order valence-electron chi connectivity index (χ3n) is 2.36. The van der Waals surface area contributed by atoms with Gasteiger partial charge in [-0.05, 0) is 13.0 Å². The van der Waals surface area contributed by atoms with Crippen molar-refractivity contribution in [2.75, 3.05) is 0 Å². The Morgan fingerprint density at radius 3 is 2.82 bits per heavy atom. The minimum absolute atomic E-state index is 0.0599. The molecule has 0 radical (unpaired) electrons. The molecule has 1 heterocycles. The summed E-state index contributed by atoms with van der Waals surface area (Å²) in [7, 11) is 0. The number of phenolic OH excluding ortho intramolecular Hbond substituents is 2. The normalized spacial score (nSPS) is 10.6. The molecule has 0 amide bonds. The standard InChI is InChI=1S/C12H14N2O2S/c1-8-5-14-11(17-8)7-13-6-9-3-2-4-10(15)12(9)16/h2-5,13,15-16H,6-7H2,1H3. The van der Waals surface area contributed by atoms with Crippen LogP contribution in [0, 0.1) is 6.92 Å². The highest BCUT2D eigenvalue weighted by molar-refractivity contribution is 7.11. The zero-order valence-corrected chi connectivity index (χ0v) is 10.3.